The van der Waals surface area contributed by atoms with Gasteiger partial charge in [0.15, 0.2) is 0 Å². The summed E-state index contributed by atoms with van der Waals surface area (Å²) in [6.45, 7) is 5.57. The highest BCUT2D eigenvalue weighted by Gasteiger charge is 2.42. The Morgan fingerprint density at radius 2 is 2.03 bits per heavy atom. The number of aryl methyl sites for hydroxylation is 1. The van der Waals surface area contributed by atoms with E-state index in [2.05, 4.69) is 27.8 Å². The van der Waals surface area contributed by atoms with Crippen LogP contribution in [-0.4, -0.2) is 46.2 Å². The number of ether oxygens (including phenoxy) is 1. The summed E-state index contributed by atoms with van der Waals surface area (Å²) in [6, 6.07) is 8.96. The van der Waals surface area contributed by atoms with Gasteiger partial charge in [0.25, 0.3) is 5.56 Å². The second-order valence-electron chi connectivity index (χ2n) is 9.18. The predicted octanol–water partition coefficient (Wildman–Crippen LogP) is 3.90. The Bertz CT molecular complexity index is 1400. The van der Waals surface area contributed by atoms with Gasteiger partial charge in [-0.05, 0) is 31.0 Å². The first-order chi connectivity index (χ1) is 16.9. The van der Waals surface area contributed by atoms with Crippen LogP contribution in [0.15, 0.2) is 35.1 Å². The second-order valence-corrected chi connectivity index (χ2v) is 9.18. The summed E-state index contributed by atoms with van der Waals surface area (Å²) in [7, 11) is 1.67. The lowest BCUT2D eigenvalue weighted by molar-refractivity contribution is 0.0704. The summed E-state index contributed by atoms with van der Waals surface area (Å²) in [5, 5.41) is 9.42. The van der Waals surface area contributed by atoms with E-state index >= 15 is 0 Å². The van der Waals surface area contributed by atoms with Crippen LogP contribution in [0.3, 0.4) is 0 Å². The molecule has 0 amide bonds. The van der Waals surface area contributed by atoms with Crippen LogP contribution in [0.4, 0.5) is 14.5 Å². The number of hydrogen-bond acceptors (Lipinski definition) is 6. The zero-order valence-electron chi connectivity index (χ0n) is 20.0. The van der Waals surface area contributed by atoms with Gasteiger partial charge in [0, 0.05) is 43.9 Å². The molecule has 0 bridgehead atoms. The smallest absolute Gasteiger partial charge is 0.295 e. The van der Waals surface area contributed by atoms with Crippen molar-refractivity contribution < 1.29 is 13.5 Å². The van der Waals surface area contributed by atoms with Crippen LogP contribution < -0.4 is 15.2 Å². The number of aromatic nitrogens is 2. The van der Waals surface area contributed by atoms with E-state index in [-0.39, 0.29) is 35.1 Å². The van der Waals surface area contributed by atoms with Crippen LogP contribution in [0.25, 0.3) is 11.0 Å². The first kappa shape index (κ1) is 23.2. The number of nitriles is 1. The van der Waals surface area contributed by atoms with Gasteiger partial charge in [-0.3, -0.25) is 9.69 Å². The highest BCUT2D eigenvalue weighted by Crippen LogP contribution is 2.41. The number of fused-ring (bicyclic) bond motifs is 5. The van der Waals surface area contributed by atoms with Crippen molar-refractivity contribution in [1.82, 2.24) is 14.5 Å². The summed E-state index contributed by atoms with van der Waals surface area (Å²) in [4.78, 5) is 22.1. The molecule has 0 N–H and O–H groups in total. The molecule has 2 aromatic heterocycles. The summed E-state index contributed by atoms with van der Waals surface area (Å²) in [6.07, 6.45) is 1.47. The molecule has 1 fully saturated rings. The largest absolute Gasteiger partial charge is 0.484 e. The van der Waals surface area contributed by atoms with Crippen LogP contribution in [-0.2, 0) is 7.05 Å². The third-order valence-electron chi connectivity index (χ3n) is 7.31. The minimum atomic E-state index is -0.590. The average molecular weight is 480 g/mol. The van der Waals surface area contributed by atoms with Crippen molar-refractivity contribution in [2.24, 2.45) is 7.05 Å². The molecule has 0 saturated carbocycles. The molecular formula is C26H27F2N5O2. The Kier molecular flexibility index (Phi) is 5.93. The van der Waals surface area contributed by atoms with Gasteiger partial charge in [0.1, 0.15) is 41.2 Å². The molecule has 0 spiro atoms. The Hall–Kier alpha value is -3.51. The van der Waals surface area contributed by atoms with E-state index in [0.717, 1.165) is 12.5 Å². The number of benzene rings is 1. The average Bonchev–Trinajstić information content (AvgIpc) is 2.87. The molecule has 2 aliphatic rings. The lowest BCUT2D eigenvalue weighted by Crippen LogP contribution is -2.62. The maximum atomic E-state index is 14.8. The summed E-state index contributed by atoms with van der Waals surface area (Å²) in [5.74, 6) is -0.881. The van der Waals surface area contributed by atoms with Gasteiger partial charge >= 0.3 is 0 Å². The van der Waals surface area contributed by atoms with Crippen molar-refractivity contribution in [3.8, 4) is 11.8 Å². The molecule has 35 heavy (non-hydrogen) atoms. The number of hydrogen-bond donors (Lipinski definition) is 0. The number of anilines is 1. The summed E-state index contributed by atoms with van der Waals surface area (Å²) < 4.78 is 35.8. The molecule has 0 aliphatic carbocycles. The van der Waals surface area contributed by atoms with Crippen LogP contribution in [0, 0.1) is 23.0 Å². The molecule has 0 unspecified atom stereocenters. The van der Waals surface area contributed by atoms with Gasteiger partial charge in [-0.25, -0.2) is 13.8 Å². The van der Waals surface area contributed by atoms with Crippen LogP contribution in [0.5, 0.6) is 5.75 Å². The normalized spacial score (nSPS) is 20.6. The second kappa shape index (κ2) is 8.93. The van der Waals surface area contributed by atoms with Crippen molar-refractivity contribution in [3.05, 3.63) is 63.6 Å². The highest BCUT2D eigenvalue weighted by atomic mass is 19.1. The lowest BCUT2D eigenvalue weighted by atomic mass is 9.94. The Morgan fingerprint density at radius 1 is 1.23 bits per heavy atom. The van der Waals surface area contributed by atoms with E-state index in [1.165, 1.54) is 16.7 Å². The van der Waals surface area contributed by atoms with Crippen molar-refractivity contribution in [2.75, 3.05) is 24.6 Å². The predicted molar refractivity (Wildman–Crippen MR) is 129 cm³/mol. The molecule has 3 atom stereocenters. The SMILES string of the molecule is CC[C@@H]1CN2c3c(c(=O)n(C)c4ccc(C#N)nc34)OC[C@@H]2CN1[C@@H](CC)c1ccc(F)cc1F. The van der Waals surface area contributed by atoms with E-state index in [1.807, 2.05) is 6.92 Å². The zero-order chi connectivity index (χ0) is 24.9. The van der Waals surface area contributed by atoms with Gasteiger partial charge in [-0.1, -0.05) is 19.9 Å². The van der Waals surface area contributed by atoms with E-state index in [1.54, 1.807) is 19.2 Å². The Labute approximate surface area is 202 Å². The molecule has 2 aliphatic heterocycles. The minimum Gasteiger partial charge on any atom is -0.484 e. The third-order valence-corrected chi connectivity index (χ3v) is 7.31. The maximum absolute atomic E-state index is 14.8. The van der Waals surface area contributed by atoms with E-state index in [4.69, 9.17) is 4.74 Å². The van der Waals surface area contributed by atoms with E-state index in [0.29, 0.717) is 48.4 Å². The number of nitrogens with zero attached hydrogens (tertiary/aromatic N) is 5. The molecule has 182 valence electrons. The monoisotopic (exact) mass is 479 g/mol. The number of pyridine rings is 2. The van der Waals surface area contributed by atoms with Gasteiger partial charge in [0.2, 0.25) is 5.75 Å². The number of halogens is 2. The minimum absolute atomic E-state index is 0.0601. The fourth-order valence-corrected chi connectivity index (χ4v) is 5.54. The topological polar surface area (TPSA) is 74.4 Å². The number of rotatable bonds is 4. The van der Waals surface area contributed by atoms with E-state index < -0.39 is 11.6 Å². The number of piperazine rings is 1. The Morgan fingerprint density at radius 3 is 2.71 bits per heavy atom. The molecule has 1 saturated heterocycles. The molecular weight excluding hydrogens is 452 g/mol. The van der Waals surface area contributed by atoms with Crippen LogP contribution in [0.2, 0.25) is 0 Å². The van der Waals surface area contributed by atoms with Crippen LogP contribution >= 0.6 is 0 Å². The van der Waals surface area contributed by atoms with Gasteiger partial charge in [-0.2, -0.15) is 5.26 Å². The summed E-state index contributed by atoms with van der Waals surface area (Å²) in [5.41, 5.74) is 2.32. The van der Waals surface area contributed by atoms with Crippen molar-refractivity contribution >= 4 is 16.7 Å². The molecule has 1 aromatic carbocycles. The molecule has 3 aromatic rings. The first-order valence-electron chi connectivity index (χ1n) is 11.9. The molecule has 9 heteroatoms. The van der Waals surface area contributed by atoms with Gasteiger partial charge in [0.05, 0.1) is 11.6 Å². The molecule has 7 nitrogen and oxygen atoms in total. The van der Waals surface area contributed by atoms with Gasteiger partial charge in [-0.15, -0.1) is 0 Å². The molecule has 0 radical (unpaired) electrons. The quantitative estimate of drug-likeness (QED) is 0.565. The summed E-state index contributed by atoms with van der Waals surface area (Å²) >= 11 is 0. The molecule has 5 rings (SSSR count). The van der Waals surface area contributed by atoms with E-state index in [9.17, 15) is 18.8 Å². The fraction of sp³-hybridized carbons (Fsp3) is 0.423. The zero-order valence-corrected chi connectivity index (χ0v) is 20.0. The first-order valence-corrected chi connectivity index (χ1v) is 11.9. The van der Waals surface area contributed by atoms with Gasteiger partial charge < -0.3 is 14.2 Å². The molecule has 4 heterocycles. The van der Waals surface area contributed by atoms with Crippen molar-refractivity contribution in [1.29, 1.82) is 5.26 Å². The third kappa shape index (κ3) is 3.73. The van der Waals surface area contributed by atoms with Crippen molar-refractivity contribution in [3.63, 3.8) is 0 Å². The van der Waals surface area contributed by atoms with Crippen LogP contribution in [0.1, 0.15) is 44.0 Å². The Balaban J connectivity index is 1.59. The lowest BCUT2D eigenvalue weighted by Gasteiger charge is -2.51. The van der Waals surface area contributed by atoms with Crippen molar-refractivity contribution in [2.45, 2.75) is 44.8 Å². The highest BCUT2D eigenvalue weighted by molar-refractivity contribution is 5.93. The maximum Gasteiger partial charge on any atom is 0.295 e. The fourth-order valence-electron chi connectivity index (χ4n) is 5.54. The standard InChI is InChI=1S/C26H27F2N5O2/c1-4-17-12-33-18(13-32(17)21(5-2)19-8-6-15(27)10-20(19)28)14-35-25-24(33)23-22(31(3)26(25)34)9-7-16(11-29)30-23/h6-10,17-18,21H,4-5,12-14H2,1-3H3/t17-,18+,21+/m1/s1.